The van der Waals surface area contributed by atoms with Gasteiger partial charge in [-0.1, -0.05) is 35.9 Å². The van der Waals surface area contributed by atoms with Gasteiger partial charge in [0.25, 0.3) is 0 Å². The van der Waals surface area contributed by atoms with Crippen LogP contribution in [0.4, 0.5) is 16.0 Å². The summed E-state index contributed by atoms with van der Waals surface area (Å²) in [6.07, 6.45) is 1.55. The molecule has 0 aliphatic carbocycles. The number of anilines is 2. The highest BCUT2D eigenvalue weighted by Gasteiger charge is 2.12. The summed E-state index contributed by atoms with van der Waals surface area (Å²) < 4.78 is 25.5. The quantitative estimate of drug-likeness (QED) is 0.646. The number of nitrogens with one attached hydrogen (secondary N) is 1. The summed E-state index contributed by atoms with van der Waals surface area (Å²) in [4.78, 5) is 16.3. The summed E-state index contributed by atoms with van der Waals surface area (Å²) in [7, 11) is 3.01. The first kappa shape index (κ1) is 19.9. The fourth-order valence-electron chi connectivity index (χ4n) is 2.71. The maximum Gasteiger partial charge on any atom is 0.316 e. The number of para-hydroxylation sites is 1. The summed E-state index contributed by atoms with van der Waals surface area (Å²) >= 11 is 5.88. The van der Waals surface area contributed by atoms with Crippen molar-refractivity contribution in [2.75, 3.05) is 19.5 Å². The molecule has 0 saturated heterocycles. The first-order valence-corrected chi connectivity index (χ1v) is 8.83. The molecule has 0 amide bonds. The molecule has 1 aromatic heterocycles. The van der Waals surface area contributed by atoms with Crippen molar-refractivity contribution in [2.45, 2.75) is 13.2 Å². The molecule has 0 unspecified atom stereocenters. The molecule has 0 atom stereocenters. The average molecular weight is 404 g/mol. The molecule has 0 saturated carbocycles. The zero-order valence-electron chi connectivity index (χ0n) is 15.4. The van der Waals surface area contributed by atoms with E-state index in [0.29, 0.717) is 19.1 Å². The van der Waals surface area contributed by atoms with E-state index < -0.39 is 11.4 Å². The van der Waals surface area contributed by atoms with Crippen LogP contribution >= 0.6 is 11.6 Å². The molecule has 0 spiro atoms. The number of ether oxygens (including phenoxy) is 2. The van der Waals surface area contributed by atoms with Gasteiger partial charge < -0.3 is 19.4 Å². The lowest BCUT2D eigenvalue weighted by Crippen LogP contribution is -2.19. The van der Waals surface area contributed by atoms with E-state index in [1.165, 1.54) is 19.2 Å². The standard InChI is InChI=1S/C20H19ClFN3O3/c1-27-12-14-5-3-4-6-17(14)23-20-24-19(26)18(28-2)11-25(20)10-13-7-8-16(22)15(21)9-13/h3-9,11H,10,12H2,1-2H3,(H,23,24,26). The molecule has 1 N–H and O–H groups in total. The van der Waals surface area contributed by atoms with Gasteiger partial charge in [-0.2, -0.15) is 4.98 Å². The van der Waals surface area contributed by atoms with Gasteiger partial charge in [0.05, 0.1) is 31.5 Å². The molecular formula is C20H19ClFN3O3. The van der Waals surface area contributed by atoms with Crippen molar-refractivity contribution >= 4 is 23.2 Å². The minimum absolute atomic E-state index is 0.0263. The predicted octanol–water partition coefficient (Wildman–Crippen LogP) is 3.98. The van der Waals surface area contributed by atoms with E-state index in [0.717, 1.165) is 16.8 Å². The Hall–Kier alpha value is -2.90. The lowest BCUT2D eigenvalue weighted by atomic mass is 10.2. The van der Waals surface area contributed by atoms with Crippen LogP contribution in [0.5, 0.6) is 5.75 Å². The van der Waals surface area contributed by atoms with Gasteiger partial charge in [0.2, 0.25) is 11.7 Å². The molecule has 0 bridgehead atoms. The molecule has 3 aromatic rings. The number of aromatic nitrogens is 2. The van der Waals surface area contributed by atoms with Crippen molar-refractivity contribution in [2.24, 2.45) is 0 Å². The van der Waals surface area contributed by atoms with Gasteiger partial charge in [0, 0.05) is 18.4 Å². The number of rotatable bonds is 7. The van der Waals surface area contributed by atoms with E-state index in [2.05, 4.69) is 10.3 Å². The first-order valence-electron chi connectivity index (χ1n) is 8.45. The van der Waals surface area contributed by atoms with Crippen molar-refractivity contribution in [1.82, 2.24) is 9.55 Å². The van der Waals surface area contributed by atoms with Crippen molar-refractivity contribution in [3.8, 4) is 5.75 Å². The zero-order chi connectivity index (χ0) is 20.1. The Labute approximate surface area is 166 Å². The highest BCUT2D eigenvalue weighted by Crippen LogP contribution is 2.22. The third-order valence-electron chi connectivity index (χ3n) is 4.08. The molecule has 8 heteroatoms. The first-order chi connectivity index (χ1) is 13.5. The van der Waals surface area contributed by atoms with Crippen molar-refractivity contribution in [1.29, 1.82) is 0 Å². The molecule has 3 rings (SSSR count). The van der Waals surface area contributed by atoms with Crippen LogP contribution in [0.3, 0.4) is 0 Å². The smallest absolute Gasteiger partial charge is 0.316 e. The Morgan fingerprint density at radius 2 is 2.00 bits per heavy atom. The Morgan fingerprint density at radius 1 is 1.21 bits per heavy atom. The number of methoxy groups -OCH3 is 2. The second-order valence-electron chi connectivity index (χ2n) is 6.03. The Balaban J connectivity index is 2.01. The van der Waals surface area contributed by atoms with E-state index in [1.807, 2.05) is 24.3 Å². The molecule has 28 heavy (non-hydrogen) atoms. The average Bonchev–Trinajstić information content (AvgIpc) is 2.68. The van der Waals surface area contributed by atoms with Gasteiger partial charge in [0.15, 0.2) is 0 Å². The summed E-state index contributed by atoms with van der Waals surface area (Å²) in [5, 5.41) is 3.20. The van der Waals surface area contributed by atoms with Gasteiger partial charge in [-0.25, -0.2) is 4.39 Å². The van der Waals surface area contributed by atoms with Gasteiger partial charge in [-0.15, -0.1) is 0 Å². The Bertz CT molecular complexity index is 1040. The van der Waals surface area contributed by atoms with E-state index in [1.54, 1.807) is 23.9 Å². The van der Waals surface area contributed by atoms with Gasteiger partial charge in [-0.3, -0.25) is 4.79 Å². The fraction of sp³-hybridized carbons (Fsp3) is 0.200. The monoisotopic (exact) mass is 403 g/mol. The second-order valence-corrected chi connectivity index (χ2v) is 6.44. The lowest BCUT2D eigenvalue weighted by Gasteiger charge is -2.17. The number of halogens is 2. The molecule has 0 aliphatic heterocycles. The van der Waals surface area contributed by atoms with Crippen molar-refractivity contribution in [3.05, 3.63) is 81.0 Å². The van der Waals surface area contributed by atoms with Crippen molar-refractivity contribution in [3.63, 3.8) is 0 Å². The van der Waals surface area contributed by atoms with Crippen LogP contribution in [0.25, 0.3) is 0 Å². The van der Waals surface area contributed by atoms with Crippen LogP contribution in [0.1, 0.15) is 11.1 Å². The molecule has 0 aliphatic rings. The maximum absolute atomic E-state index is 13.5. The zero-order valence-corrected chi connectivity index (χ0v) is 16.2. The van der Waals surface area contributed by atoms with E-state index >= 15 is 0 Å². The molecule has 0 fully saturated rings. The fourth-order valence-corrected chi connectivity index (χ4v) is 2.92. The third-order valence-corrected chi connectivity index (χ3v) is 4.37. The summed E-state index contributed by atoms with van der Waals surface area (Å²) in [6, 6.07) is 12.0. The van der Waals surface area contributed by atoms with E-state index in [-0.39, 0.29) is 10.8 Å². The third kappa shape index (κ3) is 4.49. The molecule has 6 nitrogen and oxygen atoms in total. The maximum atomic E-state index is 13.5. The minimum atomic E-state index is -0.498. The van der Waals surface area contributed by atoms with Crippen LogP contribution in [0, 0.1) is 5.82 Å². The number of benzene rings is 2. The lowest BCUT2D eigenvalue weighted by molar-refractivity contribution is 0.185. The van der Waals surface area contributed by atoms with E-state index in [4.69, 9.17) is 21.1 Å². The van der Waals surface area contributed by atoms with Crippen LogP contribution in [0.2, 0.25) is 5.02 Å². The molecular weight excluding hydrogens is 385 g/mol. The topological polar surface area (TPSA) is 65.4 Å². The molecule has 0 radical (unpaired) electrons. The number of nitrogens with zero attached hydrogens (tertiary/aromatic N) is 2. The predicted molar refractivity (Wildman–Crippen MR) is 106 cm³/mol. The minimum Gasteiger partial charge on any atom is -0.490 e. The summed E-state index contributed by atoms with van der Waals surface area (Å²) in [5.74, 6) is -0.0772. The van der Waals surface area contributed by atoms with Gasteiger partial charge in [-0.05, 0) is 23.8 Å². The Kier molecular flexibility index (Phi) is 6.28. The number of hydrogen-bond donors (Lipinski definition) is 1. The highest BCUT2D eigenvalue weighted by atomic mass is 35.5. The SMILES string of the molecule is COCc1ccccc1Nc1nc(=O)c(OC)cn1Cc1ccc(F)c(Cl)c1. The van der Waals surface area contributed by atoms with Crippen LogP contribution in [-0.2, 0) is 17.9 Å². The molecule has 1 heterocycles. The molecule has 146 valence electrons. The second kappa shape index (κ2) is 8.86. The molecule has 2 aromatic carbocycles. The Morgan fingerprint density at radius 3 is 2.71 bits per heavy atom. The van der Waals surface area contributed by atoms with Crippen LogP contribution in [0.15, 0.2) is 53.5 Å². The number of hydrogen-bond acceptors (Lipinski definition) is 5. The normalized spacial score (nSPS) is 10.7. The summed E-state index contributed by atoms with van der Waals surface area (Å²) in [5.41, 5.74) is 1.91. The highest BCUT2D eigenvalue weighted by molar-refractivity contribution is 6.30. The van der Waals surface area contributed by atoms with Gasteiger partial charge in [0.1, 0.15) is 5.82 Å². The largest absolute Gasteiger partial charge is 0.490 e. The van der Waals surface area contributed by atoms with Gasteiger partial charge >= 0.3 is 5.56 Å². The van der Waals surface area contributed by atoms with Crippen LogP contribution < -0.4 is 15.6 Å². The van der Waals surface area contributed by atoms with Crippen molar-refractivity contribution < 1.29 is 13.9 Å². The summed E-state index contributed by atoms with van der Waals surface area (Å²) in [6.45, 7) is 0.704. The van der Waals surface area contributed by atoms with Crippen LogP contribution in [-0.4, -0.2) is 23.8 Å². The van der Waals surface area contributed by atoms with E-state index in [9.17, 15) is 9.18 Å².